The van der Waals surface area contributed by atoms with Crippen molar-refractivity contribution in [1.82, 2.24) is 15.2 Å². The van der Waals surface area contributed by atoms with Gasteiger partial charge in [0, 0.05) is 25.4 Å². The van der Waals surface area contributed by atoms with Crippen molar-refractivity contribution in [2.24, 2.45) is 0 Å². The molecule has 0 radical (unpaired) electrons. The number of nitrogens with one attached hydrogen (secondary N) is 2. The van der Waals surface area contributed by atoms with E-state index in [0.717, 1.165) is 11.1 Å². The third kappa shape index (κ3) is 5.89. The first-order chi connectivity index (χ1) is 11.5. The van der Waals surface area contributed by atoms with Gasteiger partial charge in [-0.2, -0.15) is 0 Å². The molecule has 0 aliphatic rings. The predicted octanol–water partition coefficient (Wildman–Crippen LogP) is 1.47. The van der Waals surface area contributed by atoms with E-state index in [1.165, 1.54) is 6.07 Å². The van der Waals surface area contributed by atoms with Gasteiger partial charge in [0.15, 0.2) is 0 Å². The maximum Gasteiger partial charge on any atom is 0.315 e. The first-order valence-corrected chi connectivity index (χ1v) is 7.97. The number of aliphatic hydroxyl groups is 1. The Balaban J connectivity index is 1.81. The second-order valence-corrected chi connectivity index (χ2v) is 5.73. The molecule has 0 saturated heterocycles. The summed E-state index contributed by atoms with van der Waals surface area (Å²) in [4.78, 5) is 23.3. The molecule has 0 fully saturated rings. The molecular weight excluding hydrogens is 306 g/mol. The molecule has 6 nitrogen and oxygen atoms in total. The molecule has 0 aliphatic heterocycles. The monoisotopic (exact) mass is 329 g/mol. The van der Waals surface area contributed by atoms with Crippen molar-refractivity contribution in [1.29, 1.82) is 0 Å². The summed E-state index contributed by atoms with van der Waals surface area (Å²) >= 11 is 0. The van der Waals surface area contributed by atoms with Gasteiger partial charge in [-0.05, 0) is 30.5 Å². The van der Waals surface area contributed by atoms with Gasteiger partial charge in [0.05, 0.1) is 12.6 Å². The fraction of sp³-hybridized carbons (Fsp3) is 0.333. The topological polar surface area (TPSA) is 83.4 Å². The predicted molar refractivity (Wildman–Crippen MR) is 92.8 cm³/mol. The van der Waals surface area contributed by atoms with Crippen molar-refractivity contribution in [2.45, 2.75) is 32.5 Å². The van der Waals surface area contributed by atoms with Crippen LogP contribution in [0.25, 0.3) is 0 Å². The van der Waals surface area contributed by atoms with E-state index in [9.17, 15) is 9.59 Å². The summed E-state index contributed by atoms with van der Waals surface area (Å²) in [5.74, 6) is 0. The molecule has 1 atom stereocenters. The zero-order valence-electron chi connectivity index (χ0n) is 13.7. The Hall–Kier alpha value is -2.60. The first-order valence-electron chi connectivity index (χ1n) is 7.97. The Morgan fingerprint density at radius 2 is 1.83 bits per heavy atom. The van der Waals surface area contributed by atoms with Gasteiger partial charge >= 0.3 is 6.03 Å². The van der Waals surface area contributed by atoms with Crippen LogP contribution in [0, 0.1) is 0 Å². The number of pyridine rings is 1. The molecular formula is C18H23N3O3. The minimum atomic E-state index is -0.421. The Morgan fingerprint density at radius 1 is 1.12 bits per heavy atom. The molecule has 1 aromatic carbocycles. The lowest BCUT2D eigenvalue weighted by Crippen LogP contribution is -2.36. The SMILES string of the molecule is CC(O)CCNC(=O)NCc1ccc(Cn2ccccc2=O)cc1. The van der Waals surface area contributed by atoms with E-state index in [0.29, 0.717) is 26.1 Å². The number of aromatic nitrogens is 1. The number of benzene rings is 1. The molecule has 1 heterocycles. The van der Waals surface area contributed by atoms with E-state index in [1.54, 1.807) is 23.8 Å². The van der Waals surface area contributed by atoms with Crippen LogP contribution in [0.1, 0.15) is 24.5 Å². The molecule has 2 rings (SSSR count). The van der Waals surface area contributed by atoms with Crippen LogP contribution in [0.4, 0.5) is 4.79 Å². The summed E-state index contributed by atoms with van der Waals surface area (Å²) < 4.78 is 1.64. The molecule has 2 aromatic rings. The van der Waals surface area contributed by atoms with Crippen molar-refractivity contribution in [2.75, 3.05) is 6.54 Å². The summed E-state index contributed by atoms with van der Waals surface area (Å²) in [6, 6.07) is 12.6. The number of hydrogen-bond acceptors (Lipinski definition) is 3. The standard InChI is InChI=1S/C18H23N3O3/c1-14(22)9-10-19-18(24)20-12-15-5-7-16(8-6-15)13-21-11-3-2-4-17(21)23/h2-8,11,14,22H,9-10,12-13H2,1H3,(H2,19,20,24). The maximum absolute atomic E-state index is 11.7. The van der Waals surface area contributed by atoms with Gasteiger partial charge in [0.1, 0.15) is 0 Å². The number of carbonyl (C=O) groups is 1. The molecule has 0 aliphatic carbocycles. The van der Waals surface area contributed by atoms with E-state index >= 15 is 0 Å². The highest BCUT2D eigenvalue weighted by Gasteiger charge is 2.02. The van der Waals surface area contributed by atoms with E-state index in [4.69, 9.17) is 5.11 Å². The van der Waals surface area contributed by atoms with Crippen LogP contribution in [0.5, 0.6) is 0 Å². The summed E-state index contributed by atoms with van der Waals surface area (Å²) in [5.41, 5.74) is 1.97. The third-order valence-corrected chi connectivity index (χ3v) is 3.58. The summed E-state index contributed by atoms with van der Waals surface area (Å²) in [6.45, 7) is 3.07. The van der Waals surface area contributed by atoms with Crippen LogP contribution in [0.2, 0.25) is 0 Å². The van der Waals surface area contributed by atoms with Gasteiger partial charge in [-0.15, -0.1) is 0 Å². The Kier molecular flexibility index (Phi) is 6.57. The average Bonchev–Trinajstić information content (AvgIpc) is 2.56. The highest BCUT2D eigenvalue weighted by molar-refractivity contribution is 5.73. The van der Waals surface area contributed by atoms with Crippen molar-refractivity contribution in [3.05, 3.63) is 70.1 Å². The normalized spacial score (nSPS) is 11.8. The van der Waals surface area contributed by atoms with E-state index < -0.39 is 6.10 Å². The van der Waals surface area contributed by atoms with Gasteiger partial charge in [0.25, 0.3) is 5.56 Å². The van der Waals surface area contributed by atoms with Crippen LogP contribution in [-0.4, -0.2) is 28.4 Å². The molecule has 0 spiro atoms. The zero-order valence-corrected chi connectivity index (χ0v) is 13.7. The number of carbonyl (C=O) groups excluding carboxylic acids is 1. The quantitative estimate of drug-likeness (QED) is 0.719. The molecule has 1 aromatic heterocycles. The highest BCUT2D eigenvalue weighted by atomic mass is 16.3. The number of rotatable bonds is 7. The summed E-state index contributed by atoms with van der Waals surface area (Å²) in [6.07, 6.45) is 1.87. The van der Waals surface area contributed by atoms with Crippen molar-refractivity contribution >= 4 is 6.03 Å². The fourth-order valence-corrected chi connectivity index (χ4v) is 2.19. The number of nitrogens with zero attached hydrogens (tertiary/aromatic N) is 1. The number of amides is 2. The zero-order chi connectivity index (χ0) is 17.4. The van der Waals surface area contributed by atoms with E-state index in [-0.39, 0.29) is 11.6 Å². The number of hydrogen-bond donors (Lipinski definition) is 3. The molecule has 1 unspecified atom stereocenters. The average molecular weight is 329 g/mol. The fourth-order valence-electron chi connectivity index (χ4n) is 2.19. The molecule has 3 N–H and O–H groups in total. The third-order valence-electron chi connectivity index (χ3n) is 3.58. The van der Waals surface area contributed by atoms with Crippen LogP contribution >= 0.6 is 0 Å². The Labute approximate surface area is 141 Å². The van der Waals surface area contributed by atoms with Crippen LogP contribution < -0.4 is 16.2 Å². The lowest BCUT2D eigenvalue weighted by Gasteiger charge is -2.09. The summed E-state index contributed by atoms with van der Waals surface area (Å²) in [5, 5.41) is 14.6. The maximum atomic E-state index is 11.7. The number of aliphatic hydroxyl groups excluding tert-OH is 1. The highest BCUT2D eigenvalue weighted by Crippen LogP contribution is 2.05. The lowest BCUT2D eigenvalue weighted by atomic mass is 10.1. The molecule has 0 saturated carbocycles. The first kappa shape index (κ1) is 17.7. The molecule has 128 valence electrons. The van der Waals surface area contributed by atoms with Gasteiger partial charge in [0.2, 0.25) is 0 Å². The largest absolute Gasteiger partial charge is 0.393 e. The van der Waals surface area contributed by atoms with Gasteiger partial charge < -0.3 is 20.3 Å². The van der Waals surface area contributed by atoms with Crippen molar-refractivity contribution < 1.29 is 9.90 Å². The second-order valence-electron chi connectivity index (χ2n) is 5.73. The van der Waals surface area contributed by atoms with Gasteiger partial charge in [-0.1, -0.05) is 30.3 Å². The molecule has 6 heteroatoms. The van der Waals surface area contributed by atoms with Crippen molar-refractivity contribution in [3.63, 3.8) is 0 Å². The summed E-state index contributed by atoms with van der Waals surface area (Å²) in [7, 11) is 0. The van der Waals surface area contributed by atoms with Crippen LogP contribution in [0.15, 0.2) is 53.5 Å². The Bertz CT molecular complexity index is 708. The van der Waals surface area contributed by atoms with E-state index in [2.05, 4.69) is 10.6 Å². The minimum absolute atomic E-state index is 0.0305. The van der Waals surface area contributed by atoms with Crippen LogP contribution in [0.3, 0.4) is 0 Å². The smallest absolute Gasteiger partial charge is 0.315 e. The molecule has 0 bridgehead atoms. The lowest BCUT2D eigenvalue weighted by molar-refractivity contribution is 0.183. The van der Waals surface area contributed by atoms with Gasteiger partial charge in [-0.3, -0.25) is 4.79 Å². The number of urea groups is 1. The van der Waals surface area contributed by atoms with E-state index in [1.807, 2.05) is 30.3 Å². The minimum Gasteiger partial charge on any atom is -0.393 e. The van der Waals surface area contributed by atoms with Crippen LogP contribution in [-0.2, 0) is 13.1 Å². The second kappa shape index (κ2) is 8.88. The van der Waals surface area contributed by atoms with Gasteiger partial charge in [-0.25, -0.2) is 4.79 Å². The van der Waals surface area contributed by atoms with Crippen molar-refractivity contribution in [3.8, 4) is 0 Å². The molecule has 2 amide bonds. The molecule has 24 heavy (non-hydrogen) atoms. The Morgan fingerprint density at radius 3 is 2.50 bits per heavy atom.